The van der Waals surface area contributed by atoms with E-state index in [0.717, 1.165) is 24.9 Å². The number of ether oxygens (including phenoxy) is 1. The lowest BCUT2D eigenvalue weighted by molar-refractivity contribution is -0.122. The van der Waals surface area contributed by atoms with Crippen LogP contribution in [0.4, 0.5) is 11.4 Å². The molecule has 0 radical (unpaired) electrons. The molecule has 2 rings (SSSR count). The summed E-state index contributed by atoms with van der Waals surface area (Å²) < 4.78 is 31.4. The summed E-state index contributed by atoms with van der Waals surface area (Å²) in [6, 6.07) is 15.9. The molecule has 0 aliphatic carbocycles. The van der Waals surface area contributed by atoms with Crippen molar-refractivity contribution in [2.45, 2.75) is 25.8 Å². The average molecular weight is 434 g/mol. The van der Waals surface area contributed by atoms with Gasteiger partial charge in [0.25, 0.3) is 0 Å². The first kappa shape index (κ1) is 23.5. The van der Waals surface area contributed by atoms with Crippen molar-refractivity contribution < 1.29 is 17.9 Å². The Hall–Kier alpha value is -2.74. The highest BCUT2D eigenvalue weighted by molar-refractivity contribution is 7.92. The molecule has 0 saturated heterocycles. The largest absolute Gasteiger partial charge is 0.497 e. The number of carbonyl (C=O) groups is 1. The van der Waals surface area contributed by atoms with Gasteiger partial charge in [-0.05, 0) is 37.1 Å². The monoisotopic (exact) mass is 433 g/mol. The molecule has 0 aliphatic heterocycles. The molecule has 164 valence electrons. The fourth-order valence-electron chi connectivity index (χ4n) is 3.27. The third-order valence-electron chi connectivity index (χ3n) is 4.80. The van der Waals surface area contributed by atoms with Crippen LogP contribution in [0.5, 0.6) is 5.75 Å². The molecule has 1 atom stereocenters. The molecule has 2 aromatic carbocycles. The van der Waals surface area contributed by atoms with Crippen molar-refractivity contribution >= 4 is 27.3 Å². The average Bonchev–Trinajstić information content (AvgIpc) is 2.74. The summed E-state index contributed by atoms with van der Waals surface area (Å²) in [5, 5.41) is 2.89. The third-order valence-corrected chi connectivity index (χ3v) is 5.98. The van der Waals surface area contributed by atoms with Gasteiger partial charge in [0.1, 0.15) is 11.8 Å². The number of hydrogen-bond acceptors (Lipinski definition) is 5. The lowest BCUT2D eigenvalue weighted by Crippen LogP contribution is -2.49. The van der Waals surface area contributed by atoms with E-state index >= 15 is 0 Å². The highest BCUT2D eigenvalue weighted by atomic mass is 32.2. The van der Waals surface area contributed by atoms with Crippen LogP contribution in [0, 0.1) is 0 Å². The van der Waals surface area contributed by atoms with E-state index in [1.165, 1.54) is 11.4 Å². The van der Waals surface area contributed by atoms with E-state index in [9.17, 15) is 13.2 Å². The first-order valence-electron chi connectivity index (χ1n) is 9.95. The summed E-state index contributed by atoms with van der Waals surface area (Å²) in [7, 11) is -0.156. The van der Waals surface area contributed by atoms with Gasteiger partial charge in [-0.3, -0.25) is 9.10 Å². The molecular weight excluding hydrogens is 402 g/mol. The Morgan fingerprint density at radius 1 is 1.10 bits per heavy atom. The maximum absolute atomic E-state index is 12.8. The lowest BCUT2D eigenvalue weighted by atomic mass is 10.2. The number of rotatable bonds is 11. The molecule has 1 amide bonds. The smallest absolute Gasteiger partial charge is 0.243 e. The van der Waals surface area contributed by atoms with Crippen LogP contribution in [0.25, 0.3) is 0 Å². The van der Waals surface area contributed by atoms with Crippen molar-refractivity contribution in [1.29, 1.82) is 0 Å². The molecule has 0 bridgehead atoms. The highest BCUT2D eigenvalue weighted by Crippen LogP contribution is 2.26. The Morgan fingerprint density at radius 3 is 2.37 bits per heavy atom. The number of amides is 1. The van der Waals surface area contributed by atoms with E-state index in [-0.39, 0.29) is 5.91 Å². The second-order valence-electron chi connectivity index (χ2n) is 7.09. The van der Waals surface area contributed by atoms with Crippen molar-refractivity contribution in [3.8, 4) is 5.75 Å². The van der Waals surface area contributed by atoms with Crippen LogP contribution in [0.2, 0.25) is 0 Å². The quantitative estimate of drug-likeness (QED) is 0.551. The van der Waals surface area contributed by atoms with Crippen molar-refractivity contribution in [1.82, 2.24) is 5.32 Å². The summed E-state index contributed by atoms with van der Waals surface area (Å²) in [6.07, 6.45) is 2.20. The molecule has 0 heterocycles. The molecule has 0 aromatic heterocycles. The van der Waals surface area contributed by atoms with Crippen LogP contribution < -0.4 is 19.3 Å². The minimum atomic E-state index is -3.67. The summed E-state index contributed by atoms with van der Waals surface area (Å²) in [6.45, 7) is 3.03. The molecule has 8 heteroatoms. The normalized spacial score (nSPS) is 12.1. The van der Waals surface area contributed by atoms with Gasteiger partial charge >= 0.3 is 0 Å². The Labute approximate surface area is 179 Å². The van der Waals surface area contributed by atoms with Crippen LogP contribution >= 0.6 is 0 Å². The Balaban J connectivity index is 2.03. The summed E-state index contributed by atoms with van der Waals surface area (Å²) in [5.41, 5.74) is 1.51. The summed E-state index contributed by atoms with van der Waals surface area (Å²) in [4.78, 5) is 15.0. The SMILES string of the molecule is CCC(C(=O)NCCCN(C)c1ccccc1)N(c1cccc(OC)c1)S(C)(=O)=O. The number of sulfonamides is 1. The molecule has 0 spiro atoms. The number of anilines is 2. The molecular formula is C22H31N3O4S. The van der Waals surface area contributed by atoms with Crippen LogP contribution in [0.15, 0.2) is 54.6 Å². The van der Waals surface area contributed by atoms with Gasteiger partial charge < -0.3 is 15.0 Å². The number of benzene rings is 2. The van der Waals surface area contributed by atoms with Crippen LogP contribution in [-0.4, -0.2) is 53.9 Å². The predicted octanol–water partition coefficient (Wildman–Crippen LogP) is 2.88. The highest BCUT2D eigenvalue weighted by Gasteiger charge is 2.31. The van der Waals surface area contributed by atoms with Gasteiger partial charge in [-0.15, -0.1) is 0 Å². The van der Waals surface area contributed by atoms with Gasteiger partial charge in [0.15, 0.2) is 0 Å². The van der Waals surface area contributed by atoms with Crippen molar-refractivity contribution in [3.63, 3.8) is 0 Å². The van der Waals surface area contributed by atoms with Gasteiger partial charge in [0, 0.05) is 31.9 Å². The van der Waals surface area contributed by atoms with Crippen LogP contribution in [-0.2, 0) is 14.8 Å². The van der Waals surface area contributed by atoms with Crippen molar-refractivity contribution in [2.24, 2.45) is 0 Å². The second kappa shape index (κ2) is 10.9. The molecule has 30 heavy (non-hydrogen) atoms. The van der Waals surface area contributed by atoms with E-state index in [1.807, 2.05) is 37.4 Å². The molecule has 0 fully saturated rings. The Bertz CT molecular complexity index is 919. The molecule has 1 unspecified atom stereocenters. The minimum absolute atomic E-state index is 0.312. The fraction of sp³-hybridized carbons (Fsp3) is 0.409. The van der Waals surface area contributed by atoms with E-state index in [4.69, 9.17) is 4.74 Å². The van der Waals surface area contributed by atoms with Crippen molar-refractivity contribution in [3.05, 3.63) is 54.6 Å². The van der Waals surface area contributed by atoms with E-state index < -0.39 is 16.1 Å². The molecule has 7 nitrogen and oxygen atoms in total. The van der Waals surface area contributed by atoms with Crippen molar-refractivity contribution in [2.75, 3.05) is 42.7 Å². The standard InChI is InChI=1S/C22H31N3O4S/c1-5-21(25(30(4,27)28)19-13-9-14-20(17-19)29-3)22(26)23-15-10-16-24(2)18-11-7-6-8-12-18/h6-9,11-14,17,21H,5,10,15-16H2,1-4H3,(H,23,26). The maximum atomic E-state index is 12.8. The van der Waals surface area contributed by atoms with Gasteiger partial charge in [-0.1, -0.05) is 31.2 Å². The van der Waals surface area contributed by atoms with Gasteiger partial charge in [0.2, 0.25) is 15.9 Å². The molecule has 2 aromatic rings. The lowest BCUT2D eigenvalue weighted by Gasteiger charge is -2.30. The molecule has 0 saturated carbocycles. The Kier molecular flexibility index (Phi) is 8.53. The van der Waals surface area contributed by atoms with Gasteiger partial charge in [-0.2, -0.15) is 0 Å². The van der Waals surface area contributed by atoms with Gasteiger partial charge in [0.05, 0.1) is 19.1 Å². The number of nitrogens with zero attached hydrogens (tertiary/aromatic N) is 2. The number of hydrogen-bond donors (Lipinski definition) is 1. The number of methoxy groups -OCH3 is 1. The van der Waals surface area contributed by atoms with E-state index in [0.29, 0.717) is 24.4 Å². The first-order valence-corrected chi connectivity index (χ1v) is 11.8. The van der Waals surface area contributed by atoms with Crippen LogP contribution in [0.1, 0.15) is 19.8 Å². The van der Waals surface area contributed by atoms with Gasteiger partial charge in [-0.25, -0.2) is 8.42 Å². The summed E-state index contributed by atoms with van der Waals surface area (Å²) >= 11 is 0. The third kappa shape index (κ3) is 6.38. The molecule has 0 aliphatic rings. The zero-order valence-electron chi connectivity index (χ0n) is 18.0. The number of para-hydroxylation sites is 1. The fourth-order valence-corrected chi connectivity index (χ4v) is 4.47. The zero-order chi connectivity index (χ0) is 22.1. The maximum Gasteiger partial charge on any atom is 0.243 e. The number of carbonyl (C=O) groups excluding carboxylic acids is 1. The van der Waals surface area contributed by atoms with Crippen LogP contribution in [0.3, 0.4) is 0 Å². The Morgan fingerprint density at radius 2 is 1.77 bits per heavy atom. The zero-order valence-corrected chi connectivity index (χ0v) is 18.9. The predicted molar refractivity (Wildman–Crippen MR) is 122 cm³/mol. The van der Waals surface area contributed by atoms with E-state index in [1.54, 1.807) is 31.2 Å². The second-order valence-corrected chi connectivity index (χ2v) is 8.95. The molecule has 1 N–H and O–H groups in total. The first-order chi connectivity index (χ1) is 14.3. The topological polar surface area (TPSA) is 79.0 Å². The minimum Gasteiger partial charge on any atom is -0.497 e. The summed E-state index contributed by atoms with van der Waals surface area (Å²) in [5.74, 6) is 0.216. The van der Waals surface area contributed by atoms with E-state index in [2.05, 4.69) is 10.2 Å². The number of nitrogens with one attached hydrogen (secondary N) is 1.